The number of hydrogen-bond acceptors (Lipinski definition) is 4. The van der Waals surface area contributed by atoms with E-state index in [4.69, 9.17) is 15.2 Å². The number of hydrogen-bond donors (Lipinski definition) is 1. The highest BCUT2D eigenvalue weighted by Crippen LogP contribution is 2.17. The molecule has 1 rings (SSSR count). The van der Waals surface area contributed by atoms with E-state index in [-0.39, 0.29) is 12.2 Å². The Balaban J connectivity index is 2.16. The molecular formula is C13H28N2O2. The number of methoxy groups -OCH3 is 2. The van der Waals surface area contributed by atoms with E-state index < -0.39 is 0 Å². The van der Waals surface area contributed by atoms with E-state index in [0.29, 0.717) is 0 Å². The molecule has 1 saturated heterocycles. The Morgan fingerprint density at radius 2 is 1.76 bits per heavy atom. The van der Waals surface area contributed by atoms with Crippen LogP contribution in [0.5, 0.6) is 0 Å². The zero-order valence-corrected chi connectivity index (χ0v) is 11.5. The fourth-order valence-electron chi connectivity index (χ4n) is 2.55. The summed E-state index contributed by atoms with van der Waals surface area (Å²) in [5.41, 5.74) is 5.55. The fourth-order valence-corrected chi connectivity index (χ4v) is 2.55. The lowest BCUT2D eigenvalue weighted by Gasteiger charge is -2.16. The van der Waals surface area contributed by atoms with Gasteiger partial charge in [-0.3, -0.25) is 4.90 Å². The predicted molar refractivity (Wildman–Crippen MR) is 70.1 cm³/mol. The SMILES string of the molecule is COC1CN(CCCC(C)CCN)CC1OC. The van der Waals surface area contributed by atoms with Crippen LogP contribution in [-0.2, 0) is 9.47 Å². The number of nitrogens with zero attached hydrogens (tertiary/aromatic N) is 1. The number of ether oxygens (including phenoxy) is 2. The first kappa shape index (κ1) is 14.9. The maximum Gasteiger partial charge on any atom is 0.0971 e. The highest BCUT2D eigenvalue weighted by atomic mass is 16.5. The van der Waals surface area contributed by atoms with Crippen molar-refractivity contribution >= 4 is 0 Å². The maximum atomic E-state index is 5.55. The monoisotopic (exact) mass is 244 g/mol. The van der Waals surface area contributed by atoms with Crippen molar-refractivity contribution in [2.24, 2.45) is 11.7 Å². The van der Waals surface area contributed by atoms with Crippen LogP contribution in [0, 0.1) is 5.92 Å². The van der Waals surface area contributed by atoms with Crippen LogP contribution in [0.25, 0.3) is 0 Å². The molecule has 3 atom stereocenters. The van der Waals surface area contributed by atoms with Gasteiger partial charge in [0.2, 0.25) is 0 Å². The van der Waals surface area contributed by atoms with E-state index in [1.807, 2.05) is 0 Å². The van der Waals surface area contributed by atoms with E-state index in [9.17, 15) is 0 Å². The van der Waals surface area contributed by atoms with E-state index in [1.165, 1.54) is 12.8 Å². The van der Waals surface area contributed by atoms with Gasteiger partial charge in [-0.05, 0) is 38.3 Å². The van der Waals surface area contributed by atoms with Crippen molar-refractivity contribution in [2.45, 2.75) is 38.4 Å². The second-order valence-corrected chi connectivity index (χ2v) is 5.13. The quantitative estimate of drug-likeness (QED) is 0.694. The molecule has 1 aliphatic rings. The van der Waals surface area contributed by atoms with Gasteiger partial charge >= 0.3 is 0 Å². The number of rotatable bonds is 8. The molecule has 0 amide bonds. The third-order valence-electron chi connectivity index (χ3n) is 3.73. The average molecular weight is 244 g/mol. The van der Waals surface area contributed by atoms with Crippen LogP contribution >= 0.6 is 0 Å². The summed E-state index contributed by atoms with van der Waals surface area (Å²) in [5.74, 6) is 0.749. The summed E-state index contributed by atoms with van der Waals surface area (Å²) in [7, 11) is 3.53. The Morgan fingerprint density at radius 3 is 2.24 bits per heavy atom. The van der Waals surface area contributed by atoms with Gasteiger partial charge in [0, 0.05) is 27.3 Å². The summed E-state index contributed by atoms with van der Waals surface area (Å²) >= 11 is 0. The van der Waals surface area contributed by atoms with E-state index in [1.54, 1.807) is 14.2 Å². The highest BCUT2D eigenvalue weighted by Gasteiger charge is 2.32. The maximum absolute atomic E-state index is 5.55. The first-order valence-corrected chi connectivity index (χ1v) is 6.69. The molecule has 0 aromatic heterocycles. The molecule has 1 fully saturated rings. The van der Waals surface area contributed by atoms with E-state index in [0.717, 1.165) is 38.5 Å². The Bertz CT molecular complexity index is 190. The lowest BCUT2D eigenvalue weighted by Crippen LogP contribution is -2.27. The zero-order chi connectivity index (χ0) is 12.7. The van der Waals surface area contributed by atoms with Gasteiger partial charge in [-0.15, -0.1) is 0 Å². The summed E-state index contributed by atoms with van der Waals surface area (Å²) in [4.78, 5) is 2.44. The molecule has 0 spiro atoms. The minimum absolute atomic E-state index is 0.237. The van der Waals surface area contributed by atoms with Gasteiger partial charge in [0.25, 0.3) is 0 Å². The molecule has 0 radical (unpaired) electrons. The minimum Gasteiger partial charge on any atom is -0.377 e. The van der Waals surface area contributed by atoms with Crippen molar-refractivity contribution in [3.63, 3.8) is 0 Å². The zero-order valence-electron chi connectivity index (χ0n) is 11.5. The first-order chi connectivity index (χ1) is 8.21. The van der Waals surface area contributed by atoms with Gasteiger partial charge in [0.15, 0.2) is 0 Å². The number of nitrogens with two attached hydrogens (primary N) is 1. The third-order valence-corrected chi connectivity index (χ3v) is 3.73. The first-order valence-electron chi connectivity index (χ1n) is 6.69. The fraction of sp³-hybridized carbons (Fsp3) is 1.00. The molecule has 2 N–H and O–H groups in total. The van der Waals surface area contributed by atoms with Gasteiger partial charge in [0.1, 0.15) is 0 Å². The van der Waals surface area contributed by atoms with Gasteiger partial charge in [-0.2, -0.15) is 0 Å². The summed E-state index contributed by atoms with van der Waals surface area (Å²) in [5, 5.41) is 0. The van der Waals surface area contributed by atoms with Crippen LogP contribution in [0.1, 0.15) is 26.2 Å². The molecule has 4 heteroatoms. The number of likely N-dealkylation sites (tertiary alicyclic amines) is 1. The second-order valence-electron chi connectivity index (χ2n) is 5.13. The van der Waals surface area contributed by atoms with Crippen molar-refractivity contribution in [3.8, 4) is 0 Å². The average Bonchev–Trinajstić information content (AvgIpc) is 2.72. The van der Waals surface area contributed by atoms with Crippen LogP contribution in [0.4, 0.5) is 0 Å². The van der Waals surface area contributed by atoms with Crippen molar-refractivity contribution in [1.29, 1.82) is 0 Å². The molecule has 1 aliphatic heterocycles. The smallest absolute Gasteiger partial charge is 0.0971 e. The normalized spacial score (nSPS) is 27.5. The van der Waals surface area contributed by atoms with Crippen molar-refractivity contribution < 1.29 is 9.47 Å². The van der Waals surface area contributed by atoms with Crippen molar-refractivity contribution in [2.75, 3.05) is 40.4 Å². The Labute approximate surface area is 105 Å². The standard InChI is InChI=1S/C13H28N2O2/c1-11(6-7-14)5-4-8-15-9-12(16-2)13(10-15)17-3/h11-13H,4-10,14H2,1-3H3. The molecular weight excluding hydrogens is 216 g/mol. The second kappa shape index (κ2) is 8.03. The molecule has 102 valence electrons. The molecule has 1 heterocycles. The van der Waals surface area contributed by atoms with Gasteiger partial charge in [-0.1, -0.05) is 6.92 Å². The molecule has 3 unspecified atom stereocenters. The summed E-state index contributed by atoms with van der Waals surface area (Å²) in [6, 6.07) is 0. The molecule has 0 saturated carbocycles. The van der Waals surface area contributed by atoms with Gasteiger partial charge in [-0.25, -0.2) is 0 Å². The molecule has 4 nitrogen and oxygen atoms in total. The van der Waals surface area contributed by atoms with Crippen LogP contribution in [0.3, 0.4) is 0 Å². The van der Waals surface area contributed by atoms with Gasteiger partial charge in [0.05, 0.1) is 12.2 Å². The molecule has 0 aromatic carbocycles. The largest absolute Gasteiger partial charge is 0.377 e. The van der Waals surface area contributed by atoms with Crippen LogP contribution in [-0.4, -0.2) is 57.5 Å². The van der Waals surface area contributed by atoms with Gasteiger partial charge < -0.3 is 15.2 Å². The molecule has 0 bridgehead atoms. The van der Waals surface area contributed by atoms with Crippen LogP contribution < -0.4 is 5.73 Å². The van der Waals surface area contributed by atoms with E-state index in [2.05, 4.69) is 11.8 Å². The van der Waals surface area contributed by atoms with Crippen molar-refractivity contribution in [1.82, 2.24) is 4.90 Å². The topological polar surface area (TPSA) is 47.7 Å². The minimum atomic E-state index is 0.237. The highest BCUT2D eigenvalue weighted by molar-refractivity contribution is 4.85. The lowest BCUT2D eigenvalue weighted by molar-refractivity contribution is -0.00461. The summed E-state index contributed by atoms with van der Waals surface area (Å²) < 4.78 is 10.9. The lowest BCUT2D eigenvalue weighted by atomic mass is 10.0. The Morgan fingerprint density at radius 1 is 1.18 bits per heavy atom. The summed E-state index contributed by atoms with van der Waals surface area (Å²) in [6.07, 6.45) is 4.13. The Hall–Kier alpha value is -0.160. The molecule has 0 aromatic rings. The predicted octanol–water partition coefficient (Wildman–Crippen LogP) is 1.10. The summed E-state index contributed by atoms with van der Waals surface area (Å²) in [6.45, 7) is 6.24. The molecule has 17 heavy (non-hydrogen) atoms. The van der Waals surface area contributed by atoms with Crippen LogP contribution in [0.15, 0.2) is 0 Å². The molecule has 0 aliphatic carbocycles. The van der Waals surface area contributed by atoms with Crippen molar-refractivity contribution in [3.05, 3.63) is 0 Å². The van der Waals surface area contributed by atoms with E-state index >= 15 is 0 Å². The Kier molecular flexibility index (Phi) is 7.04. The third kappa shape index (κ3) is 4.92. The van der Waals surface area contributed by atoms with Crippen LogP contribution in [0.2, 0.25) is 0 Å².